The zero-order chi connectivity index (χ0) is 15.8. The van der Waals surface area contributed by atoms with E-state index in [1.165, 1.54) is 0 Å². The molecule has 0 radical (unpaired) electrons. The summed E-state index contributed by atoms with van der Waals surface area (Å²) in [5, 5.41) is 3.10. The van der Waals surface area contributed by atoms with Gasteiger partial charge in [-0.05, 0) is 64.0 Å². The minimum absolute atomic E-state index is 0.0177. The molecule has 1 unspecified atom stereocenters. The van der Waals surface area contributed by atoms with Crippen molar-refractivity contribution in [3.8, 4) is 0 Å². The topological polar surface area (TPSA) is 32.3 Å². The second-order valence-corrected chi connectivity index (χ2v) is 6.42. The van der Waals surface area contributed by atoms with Gasteiger partial charge < -0.3 is 10.2 Å². The lowest BCUT2D eigenvalue weighted by Gasteiger charge is -2.20. The van der Waals surface area contributed by atoms with E-state index in [0.717, 1.165) is 48.1 Å². The Labute approximate surface area is 137 Å². The Morgan fingerprint density at radius 3 is 2.62 bits per heavy atom. The zero-order valence-corrected chi connectivity index (χ0v) is 15.2. The van der Waals surface area contributed by atoms with Crippen LogP contribution < -0.4 is 5.32 Å². The summed E-state index contributed by atoms with van der Waals surface area (Å²) in [5.41, 5.74) is 1.76. The maximum absolute atomic E-state index is 12.3. The summed E-state index contributed by atoms with van der Waals surface area (Å²) in [7, 11) is 0. The molecule has 0 aliphatic carbocycles. The molecule has 1 N–H and O–H groups in total. The molecular formula is C17H27BrN2O. The van der Waals surface area contributed by atoms with Crippen LogP contribution in [0.2, 0.25) is 0 Å². The van der Waals surface area contributed by atoms with E-state index in [2.05, 4.69) is 46.9 Å². The Hall–Kier alpha value is -0.870. The molecule has 0 fully saturated rings. The molecule has 0 saturated carbocycles. The molecule has 1 aromatic rings. The average Bonchev–Trinajstić information content (AvgIpc) is 2.46. The molecule has 0 spiro atoms. The highest BCUT2D eigenvalue weighted by molar-refractivity contribution is 9.10. The molecule has 118 valence electrons. The van der Waals surface area contributed by atoms with Crippen LogP contribution in [0.4, 0.5) is 0 Å². The Bertz CT molecular complexity index is 458. The summed E-state index contributed by atoms with van der Waals surface area (Å²) in [6.45, 7) is 11.7. The fraction of sp³-hybridized carbons (Fsp3) is 0.588. The summed E-state index contributed by atoms with van der Waals surface area (Å²) in [6.07, 6.45) is 2.12. The van der Waals surface area contributed by atoms with Crippen LogP contribution >= 0.6 is 15.9 Å². The van der Waals surface area contributed by atoms with Gasteiger partial charge in [0.15, 0.2) is 0 Å². The summed E-state index contributed by atoms with van der Waals surface area (Å²) in [6, 6.07) is 6.00. The van der Waals surface area contributed by atoms with Crippen LogP contribution in [0.3, 0.4) is 0 Å². The van der Waals surface area contributed by atoms with Crippen LogP contribution in [0.15, 0.2) is 22.7 Å². The molecular weight excluding hydrogens is 328 g/mol. The van der Waals surface area contributed by atoms with Crippen molar-refractivity contribution in [1.29, 1.82) is 0 Å². The van der Waals surface area contributed by atoms with Gasteiger partial charge in [-0.25, -0.2) is 0 Å². The van der Waals surface area contributed by atoms with Crippen molar-refractivity contribution in [2.75, 3.05) is 19.6 Å². The third-order valence-electron chi connectivity index (χ3n) is 3.83. The van der Waals surface area contributed by atoms with Gasteiger partial charge in [0.2, 0.25) is 0 Å². The SMILES string of the molecule is CCN(CC)CCCC(C)NC(=O)c1cc(Br)ccc1C. The van der Waals surface area contributed by atoms with Gasteiger partial charge in [-0.2, -0.15) is 0 Å². The maximum atomic E-state index is 12.3. The minimum atomic E-state index is 0.0177. The molecule has 21 heavy (non-hydrogen) atoms. The van der Waals surface area contributed by atoms with E-state index >= 15 is 0 Å². The standard InChI is InChI=1S/C17H27BrN2O/c1-5-20(6-2)11-7-8-14(4)19-17(21)16-12-15(18)10-9-13(16)3/h9-10,12,14H,5-8,11H2,1-4H3,(H,19,21). The van der Waals surface area contributed by atoms with Gasteiger partial charge >= 0.3 is 0 Å². The van der Waals surface area contributed by atoms with Crippen molar-refractivity contribution in [3.05, 3.63) is 33.8 Å². The van der Waals surface area contributed by atoms with Gasteiger partial charge in [-0.3, -0.25) is 4.79 Å². The highest BCUT2D eigenvalue weighted by Gasteiger charge is 2.12. The van der Waals surface area contributed by atoms with Crippen molar-refractivity contribution in [3.63, 3.8) is 0 Å². The number of carbonyl (C=O) groups is 1. The van der Waals surface area contributed by atoms with Gasteiger partial charge in [-0.15, -0.1) is 0 Å². The number of nitrogens with one attached hydrogen (secondary N) is 1. The number of benzene rings is 1. The molecule has 4 heteroatoms. The van der Waals surface area contributed by atoms with Crippen molar-refractivity contribution < 1.29 is 4.79 Å². The average molecular weight is 355 g/mol. The molecule has 0 bridgehead atoms. The highest BCUT2D eigenvalue weighted by Crippen LogP contribution is 2.16. The smallest absolute Gasteiger partial charge is 0.251 e. The number of hydrogen-bond donors (Lipinski definition) is 1. The van der Waals surface area contributed by atoms with Crippen LogP contribution in [-0.4, -0.2) is 36.5 Å². The largest absolute Gasteiger partial charge is 0.350 e. The fourth-order valence-electron chi connectivity index (χ4n) is 2.37. The van der Waals surface area contributed by atoms with E-state index in [0.29, 0.717) is 0 Å². The van der Waals surface area contributed by atoms with Crippen LogP contribution in [-0.2, 0) is 0 Å². The summed E-state index contributed by atoms with van der Waals surface area (Å²) in [4.78, 5) is 14.7. The summed E-state index contributed by atoms with van der Waals surface area (Å²) in [5.74, 6) is 0.0177. The van der Waals surface area contributed by atoms with E-state index in [1.54, 1.807) is 0 Å². The van der Waals surface area contributed by atoms with Crippen molar-refractivity contribution >= 4 is 21.8 Å². The summed E-state index contributed by atoms with van der Waals surface area (Å²) < 4.78 is 0.937. The van der Waals surface area contributed by atoms with Crippen molar-refractivity contribution in [1.82, 2.24) is 10.2 Å². The predicted octanol–water partition coefficient (Wildman–Crippen LogP) is 4.00. The van der Waals surface area contributed by atoms with Crippen LogP contribution in [0.1, 0.15) is 49.5 Å². The maximum Gasteiger partial charge on any atom is 0.251 e. The highest BCUT2D eigenvalue weighted by atomic mass is 79.9. The number of halogens is 1. The summed E-state index contributed by atoms with van der Waals surface area (Å²) >= 11 is 3.42. The first kappa shape index (κ1) is 18.2. The molecule has 0 heterocycles. The molecule has 0 aliphatic heterocycles. The minimum Gasteiger partial charge on any atom is -0.350 e. The Kier molecular flexibility index (Phi) is 7.97. The van der Waals surface area contributed by atoms with E-state index in [9.17, 15) is 4.79 Å². The fourth-order valence-corrected chi connectivity index (χ4v) is 2.73. The molecule has 0 saturated heterocycles. The van der Waals surface area contributed by atoms with E-state index in [-0.39, 0.29) is 11.9 Å². The van der Waals surface area contributed by atoms with Crippen molar-refractivity contribution in [2.24, 2.45) is 0 Å². The van der Waals surface area contributed by atoms with Gasteiger partial charge in [0.1, 0.15) is 0 Å². The molecule has 0 aliphatic rings. The van der Waals surface area contributed by atoms with Crippen molar-refractivity contribution in [2.45, 2.75) is 46.6 Å². The lowest BCUT2D eigenvalue weighted by atomic mass is 10.1. The van der Waals surface area contributed by atoms with E-state index in [4.69, 9.17) is 0 Å². The van der Waals surface area contributed by atoms with Gasteiger partial charge in [-0.1, -0.05) is 35.8 Å². The number of nitrogens with zero attached hydrogens (tertiary/aromatic N) is 1. The third-order valence-corrected chi connectivity index (χ3v) is 4.32. The quantitative estimate of drug-likeness (QED) is 0.765. The molecule has 0 aromatic heterocycles. The predicted molar refractivity (Wildman–Crippen MR) is 92.8 cm³/mol. The first-order valence-corrected chi connectivity index (χ1v) is 8.56. The van der Waals surface area contributed by atoms with E-state index < -0.39 is 0 Å². The number of hydrogen-bond acceptors (Lipinski definition) is 2. The monoisotopic (exact) mass is 354 g/mol. The van der Waals surface area contributed by atoms with Gasteiger partial charge in [0.25, 0.3) is 5.91 Å². The molecule has 1 aromatic carbocycles. The van der Waals surface area contributed by atoms with Gasteiger partial charge in [0, 0.05) is 16.1 Å². The Balaban J connectivity index is 2.45. The normalized spacial score (nSPS) is 12.5. The molecule has 3 nitrogen and oxygen atoms in total. The van der Waals surface area contributed by atoms with Crippen LogP contribution in [0.5, 0.6) is 0 Å². The second kappa shape index (κ2) is 9.21. The first-order valence-electron chi connectivity index (χ1n) is 7.77. The molecule has 1 atom stereocenters. The second-order valence-electron chi connectivity index (χ2n) is 5.50. The zero-order valence-electron chi connectivity index (χ0n) is 13.6. The third kappa shape index (κ3) is 6.18. The number of rotatable bonds is 8. The van der Waals surface area contributed by atoms with Crippen LogP contribution in [0.25, 0.3) is 0 Å². The Morgan fingerprint density at radius 2 is 2.00 bits per heavy atom. The molecule has 1 amide bonds. The van der Waals surface area contributed by atoms with Crippen LogP contribution in [0, 0.1) is 6.92 Å². The van der Waals surface area contributed by atoms with E-state index in [1.807, 2.05) is 25.1 Å². The molecule has 1 rings (SSSR count). The number of aryl methyl sites for hydroxylation is 1. The first-order chi connectivity index (χ1) is 9.97. The van der Waals surface area contributed by atoms with Gasteiger partial charge in [0.05, 0.1) is 0 Å². The lowest BCUT2D eigenvalue weighted by molar-refractivity contribution is 0.0936. The lowest BCUT2D eigenvalue weighted by Crippen LogP contribution is -2.34. The number of carbonyl (C=O) groups excluding carboxylic acids is 1. The number of amides is 1. The Morgan fingerprint density at radius 1 is 1.33 bits per heavy atom.